The summed E-state index contributed by atoms with van der Waals surface area (Å²) in [6.45, 7) is 10.1. The van der Waals surface area contributed by atoms with Gasteiger partial charge in [0.15, 0.2) is 5.78 Å². The van der Waals surface area contributed by atoms with Crippen LogP contribution in [0.1, 0.15) is 89.4 Å². The van der Waals surface area contributed by atoms with Crippen molar-refractivity contribution in [2.75, 3.05) is 20.8 Å². The van der Waals surface area contributed by atoms with Gasteiger partial charge in [-0.25, -0.2) is 0 Å². The highest BCUT2D eigenvalue weighted by Crippen LogP contribution is 2.67. The summed E-state index contributed by atoms with van der Waals surface area (Å²) in [7, 11) is 3.25. The zero-order chi connectivity index (χ0) is 25.8. The molecule has 3 aliphatic carbocycles. The Morgan fingerprint density at radius 2 is 1.67 bits per heavy atom. The Bertz CT molecular complexity index is 1000. The Balaban J connectivity index is 1.40. The molecule has 1 aliphatic heterocycles. The number of nitrogens with zero attached hydrogens (tertiary/aromatic N) is 1. The fourth-order valence-corrected chi connectivity index (χ4v) is 9.76. The molecule has 0 radical (unpaired) electrons. The number of fused-ring (bicyclic) bond motifs is 5. The van der Waals surface area contributed by atoms with Crippen molar-refractivity contribution >= 4 is 11.7 Å². The summed E-state index contributed by atoms with van der Waals surface area (Å²) in [5.74, 6) is 4.09. The molecule has 4 aliphatic rings. The first-order valence-electron chi connectivity index (χ1n) is 14.3. The van der Waals surface area contributed by atoms with Crippen molar-refractivity contribution in [3.63, 3.8) is 0 Å². The van der Waals surface area contributed by atoms with E-state index in [1.165, 1.54) is 25.7 Å². The van der Waals surface area contributed by atoms with Gasteiger partial charge in [-0.1, -0.05) is 26.8 Å². The van der Waals surface area contributed by atoms with Gasteiger partial charge in [-0.3, -0.25) is 9.59 Å². The van der Waals surface area contributed by atoms with Gasteiger partial charge in [0.2, 0.25) is 5.91 Å². The Morgan fingerprint density at radius 1 is 1.00 bits per heavy atom. The lowest BCUT2D eigenvalue weighted by Gasteiger charge is -2.62. The first-order chi connectivity index (χ1) is 17.2. The number of ketones is 1. The number of piperidine rings is 1. The zero-order valence-corrected chi connectivity index (χ0v) is 23.1. The number of hydrogen-bond acceptors (Lipinski definition) is 4. The van der Waals surface area contributed by atoms with E-state index in [4.69, 9.17) is 9.47 Å². The molecule has 1 saturated heterocycles. The van der Waals surface area contributed by atoms with Crippen LogP contribution in [-0.2, 0) is 4.79 Å². The van der Waals surface area contributed by atoms with Gasteiger partial charge in [-0.15, -0.1) is 0 Å². The second kappa shape index (κ2) is 9.36. The zero-order valence-electron chi connectivity index (χ0n) is 23.1. The molecule has 1 aromatic carbocycles. The Kier molecular flexibility index (Phi) is 6.66. The third-order valence-corrected chi connectivity index (χ3v) is 11.5. The van der Waals surface area contributed by atoms with Crippen molar-refractivity contribution in [2.45, 2.75) is 85.1 Å². The molecule has 4 fully saturated rings. The Hall–Kier alpha value is -2.04. The number of amides is 1. The number of carbonyl (C=O) groups excluding carboxylic acids is 2. The van der Waals surface area contributed by atoms with Gasteiger partial charge in [0.1, 0.15) is 17.1 Å². The lowest BCUT2D eigenvalue weighted by atomic mass is 9.46. The van der Waals surface area contributed by atoms with Crippen LogP contribution in [0, 0.1) is 40.4 Å². The Labute approximate surface area is 217 Å². The predicted molar refractivity (Wildman–Crippen MR) is 141 cm³/mol. The third-order valence-electron chi connectivity index (χ3n) is 11.5. The molecule has 0 spiro atoms. The van der Waals surface area contributed by atoms with E-state index in [2.05, 4.69) is 32.6 Å². The maximum absolute atomic E-state index is 13.9. The number of carbonyl (C=O) groups is 2. The van der Waals surface area contributed by atoms with E-state index in [1.807, 2.05) is 18.2 Å². The molecule has 36 heavy (non-hydrogen) atoms. The molecule has 198 valence electrons. The van der Waals surface area contributed by atoms with E-state index < -0.39 is 0 Å². The lowest BCUT2D eigenvalue weighted by molar-refractivity contribution is -0.161. The number of hydrogen-bond donors (Lipinski definition) is 0. The van der Waals surface area contributed by atoms with Gasteiger partial charge in [0, 0.05) is 24.9 Å². The van der Waals surface area contributed by atoms with Gasteiger partial charge >= 0.3 is 0 Å². The van der Waals surface area contributed by atoms with Gasteiger partial charge in [0.25, 0.3) is 0 Å². The number of rotatable bonds is 6. The highest BCUT2D eigenvalue weighted by Gasteiger charge is 2.62. The van der Waals surface area contributed by atoms with Crippen molar-refractivity contribution in [3.05, 3.63) is 23.8 Å². The minimum atomic E-state index is -0.0726. The summed E-state index contributed by atoms with van der Waals surface area (Å²) in [4.78, 5) is 28.8. The highest BCUT2D eigenvalue weighted by atomic mass is 16.5. The number of methoxy groups -OCH3 is 2. The summed E-state index contributed by atoms with van der Waals surface area (Å²) >= 11 is 0. The van der Waals surface area contributed by atoms with Crippen LogP contribution in [0.25, 0.3) is 0 Å². The molecule has 1 aromatic rings. The number of likely N-dealkylation sites (tertiary alicyclic amines) is 1. The lowest BCUT2D eigenvalue weighted by Crippen LogP contribution is -2.62. The van der Waals surface area contributed by atoms with Crippen molar-refractivity contribution in [2.24, 2.45) is 40.4 Å². The molecule has 8 atom stereocenters. The first kappa shape index (κ1) is 25.6. The molecule has 5 nitrogen and oxygen atoms in total. The van der Waals surface area contributed by atoms with E-state index >= 15 is 0 Å². The summed E-state index contributed by atoms with van der Waals surface area (Å²) in [5, 5.41) is 0. The fourth-order valence-electron chi connectivity index (χ4n) is 9.76. The molecule has 5 heteroatoms. The van der Waals surface area contributed by atoms with Gasteiger partial charge in [0.05, 0.1) is 14.2 Å². The fraction of sp³-hybridized carbons (Fsp3) is 0.742. The number of benzene rings is 1. The van der Waals surface area contributed by atoms with Gasteiger partial charge < -0.3 is 14.4 Å². The van der Waals surface area contributed by atoms with E-state index in [0.29, 0.717) is 59.1 Å². The quantitative estimate of drug-likeness (QED) is 0.429. The summed E-state index contributed by atoms with van der Waals surface area (Å²) < 4.78 is 11.2. The van der Waals surface area contributed by atoms with Gasteiger partial charge in [-0.05, 0) is 98.5 Å². The van der Waals surface area contributed by atoms with Crippen LogP contribution in [0.4, 0.5) is 0 Å². The van der Waals surface area contributed by atoms with Crippen molar-refractivity contribution in [1.82, 2.24) is 4.90 Å². The summed E-state index contributed by atoms with van der Waals surface area (Å²) in [6.07, 6.45) is 8.88. The average Bonchev–Trinajstić information content (AvgIpc) is 3.24. The van der Waals surface area contributed by atoms with Crippen LogP contribution in [0.5, 0.6) is 11.5 Å². The molecule has 5 rings (SSSR count). The molecule has 3 saturated carbocycles. The Morgan fingerprint density at radius 3 is 2.31 bits per heavy atom. The van der Waals surface area contributed by atoms with E-state index in [-0.39, 0.29) is 22.5 Å². The minimum Gasteiger partial charge on any atom is -0.496 e. The average molecular weight is 496 g/mol. The minimum absolute atomic E-state index is 0.0726. The van der Waals surface area contributed by atoms with Crippen LogP contribution in [0.3, 0.4) is 0 Å². The largest absolute Gasteiger partial charge is 0.496 e. The first-order valence-corrected chi connectivity index (χ1v) is 14.3. The molecule has 0 aromatic heterocycles. The summed E-state index contributed by atoms with van der Waals surface area (Å²) in [6, 6.07) is 6.01. The molecular weight excluding hydrogens is 450 g/mol. The second-order valence-electron chi connectivity index (χ2n) is 12.6. The smallest absolute Gasteiger partial charge is 0.222 e. The van der Waals surface area contributed by atoms with Crippen molar-refractivity contribution in [1.29, 1.82) is 0 Å². The summed E-state index contributed by atoms with van der Waals surface area (Å²) in [5.41, 5.74) is 1.01. The predicted octanol–water partition coefficient (Wildman–Crippen LogP) is 6.39. The molecular formula is C31H45NO4. The normalized spacial score (nSPS) is 38.6. The van der Waals surface area contributed by atoms with Crippen molar-refractivity contribution in [3.8, 4) is 11.5 Å². The van der Waals surface area contributed by atoms with Crippen LogP contribution >= 0.6 is 0 Å². The van der Waals surface area contributed by atoms with Crippen molar-refractivity contribution < 1.29 is 19.1 Å². The molecule has 0 bridgehead atoms. The molecule has 1 unspecified atom stereocenters. The molecule has 1 amide bonds. The van der Waals surface area contributed by atoms with E-state index in [1.54, 1.807) is 14.2 Å². The maximum Gasteiger partial charge on any atom is 0.222 e. The SMILES string of the molecule is CCN1C(=O)CC[C@]2(C)[C@H]3CC[C@]4(C)[C@@H](C(C)C(=O)c5c(OC)cccc5OC)CC[C@H]4[C@@H]3CC[C@@H]12. The highest BCUT2D eigenvalue weighted by molar-refractivity contribution is 6.02. The van der Waals surface area contributed by atoms with Crippen LogP contribution in [0.15, 0.2) is 18.2 Å². The monoisotopic (exact) mass is 495 g/mol. The van der Waals surface area contributed by atoms with E-state index in [9.17, 15) is 9.59 Å². The second-order valence-corrected chi connectivity index (χ2v) is 12.6. The maximum atomic E-state index is 13.9. The van der Waals surface area contributed by atoms with Crippen LogP contribution < -0.4 is 9.47 Å². The van der Waals surface area contributed by atoms with E-state index in [0.717, 1.165) is 25.8 Å². The molecule has 0 N–H and O–H groups in total. The van der Waals surface area contributed by atoms with Crippen LogP contribution in [0.2, 0.25) is 0 Å². The van der Waals surface area contributed by atoms with Crippen LogP contribution in [-0.4, -0.2) is 43.4 Å². The topological polar surface area (TPSA) is 55.8 Å². The standard InChI is InChI=1S/C31H45NO4/c1-7-32-26-14-11-20-22-13-12-21(19(2)29(34)28-24(35-5)9-8-10-25(28)36-6)30(22,3)17-15-23(20)31(26,4)18-16-27(32)33/h8-10,19-23,26H,7,11-18H2,1-6H3/t19?,20-,21+,22-,23-,26+,30+,31+/m0/s1. The molecule has 1 heterocycles. The van der Waals surface area contributed by atoms with Gasteiger partial charge in [-0.2, -0.15) is 0 Å². The third kappa shape index (κ3) is 3.62. The number of Topliss-reactive ketones (excluding diaryl/α,β-unsaturated/α-hetero) is 1. The number of ether oxygens (including phenoxy) is 2.